The highest BCUT2D eigenvalue weighted by Crippen LogP contribution is 2.44. The van der Waals surface area contributed by atoms with Crippen LogP contribution >= 0.6 is 11.8 Å². The van der Waals surface area contributed by atoms with Gasteiger partial charge in [0.1, 0.15) is 0 Å². The first-order valence-electron chi connectivity index (χ1n) is 10.6. The van der Waals surface area contributed by atoms with E-state index in [-0.39, 0.29) is 22.5 Å². The Kier molecular flexibility index (Phi) is 6.10. The number of carbonyl (C=O) groups excluding carboxylic acids is 2. The Morgan fingerprint density at radius 3 is 2.25 bits per heavy atom. The van der Waals surface area contributed by atoms with E-state index in [1.165, 1.54) is 24.3 Å². The van der Waals surface area contributed by atoms with E-state index in [0.29, 0.717) is 38.0 Å². The van der Waals surface area contributed by atoms with Crippen molar-refractivity contribution in [3.05, 3.63) is 69.3 Å². The number of nitro benzene ring substituents is 1. The molecular formula is C23H26N4O4S. The number of hydrogen-bond acceptors (Lipinski definition) is 5. The number of anilines is 1. The van der Waals surface area contributed by atoms with Gasteiger partial charge in [0.25, 0.3) is 11.6 Å². The lowest BCUT2D eigenvalue weighted by Gasteiger charge is -2.44. The van der Waals surface area contributed by atoms with Crippen LogP contribution in [0.3, 0.4) is 0 Å². The number of likely N-dealkylation sites (tertiary alicyclic amines) is 1. The average Bonchev–Trinajstić information content (AvgIpc) is 3.19. The zero-order chi connectivity index (χ0) is 22.9. The SMILES string of the molecule is Cc1cccc(C)c1NC(=O)N1CCC2(CC1)SCCN2C(=O)c1ccc([N+](=O)[O-])cc1. The molecule has 0 atom stereocenters. The van der Waals surface area contributed by atoms with Crippen molar-refractivity contribution < 1.29 is 14.5 Å². The molecule has 2 heterocycles. The van der Waals surface area contributed by atoms with E-state index >= 15 is 0 Å². The van der Waals surface area contributed by atoms with Crippen LogP contribution in [0.1, 0.15) is 34.3 Å². The molecule has 0 saturated carbocycles. The Morgan fingerprint density at radius 2 is 1.66 bits per heavy atom. The van der Waals surface area contributed by atoms with E-state index in [2.05, 4.69) is 5.32 Å². The molecule has 2 fully saturated rings. The van der Waals surface area contributed by atoms with Crippen molar-refractivity contribution in [2.45, 2.75) is 31.6 Å². The number of rotatable bonds is 3. The van der Waals surface area contributed by atoms with Crippen molar-refractivity contribution in [3.8, 4) is 0 Å². The van der Waals surface area contributed by atoms with Gasteiger partial charge in [-0.1, -0.05) is 18.2 Å². The van der Waals surface area contributed by atoms with Crippen molar-refractivity contribution in [1.29, 1.82) is 0 Å². The van der Waals surface area contributed by atoms with Gasteiger partial charge in [0.15, 0.2) is 0 Å². The fourth-order valence-corrected chi connectivity index (χ4v) is 5.90. The largest absolute Gasteiger partial charge is 0.324 e. The summed E-state index contributed by atoms with van der Waals surface area (Å²) in [7, 11) is 0. The number of piperidine rings is 1. The Labute approximate surface area is 191 Å². The quantitative estimate of drug-likeness (QED) is 0.547. The number of urea groups is 1. The van der Waals surface area contributed by atoms with Crippen LogP contribution in [-0.2, 0) is 0 Å². The van der Waals surface area contributed by atoms with Crippen LogP contribution in [0.4, 0.5) is 16.2 Å². The molecule has 2 aromatic rings. The number of hydrogen-bond donors (Lipinski definition) is 1. The molecule has 2 aromatic carbocycles. The number of nitrogens with one attached hydrogen (secondary N) is 1. The first-order valence-corrected chi connectivity index (χ1v) is 11.6. The predicted molar refractivity (Wildman–Crippen MR) is 125 cm³/mol. The highest BCUT2D eigenvalue weighted by Gasteiger charge is 2.47. The lowest BCUT2D eigenvalue weighted by atomic mass is 10.0. The molecule has 1 spiro atoms. The molecule has 0 aliphatic carbocycles. The number of non-ortho nitro benzene ring substituents is 1. The van der Waals surface area contributed by atoms with Crippen molar-refractivity contribution in [2.24, 2.45) is 0 Å². The molecule has 1 N–H and O–H groups in total. The van der Waals surface area contributed by atoms with E-state index in [0.717, 1.165) is 22.6 Å². The number of para-hydroxylation sites is 1. The van der Waals surface area contributed by atoms with Gasteiger partial charge < -0.3 is 15.1 Å². The Bertz CT molecular complexity index is 1030. The van der Waals surface area contributed by atoms with Crippen LogP contribution in [0.25, 0.3) is 0 Å². The third kappa shape index (κ3) is 4.17. The fraction of sp³-hybridized carbons (Fsp3) is 0.391. The number of nitro groups is 1. The van der Waals surface area contributed by atoms with Crippen LogP contribution in [0, 0.1) is 24.0 Å². The zero-order valence-electron chi connectivity index (χ0n) is 18.2. The molecular weight excluding hydrogens is 428 g/mol. The Balaban J connectivity index is 1.43. The topological polar surface area (TPSA) is 95.8 Å². The number of carbonyl (C=O) groups is 2. The molecule has 0 radical (unpaired) electrons. The normalized spacial score (nSPS) is 17.4. The number of benzene rings is 2. The van der Waals surface area contributed by atoms with Gasteiger partial charge in [-0.05, 0) is 49.9 Å². The van der Waals surface area contributed by atoms with Gasteiger partial charge in [-0.15, -0.1) is 11.8 Å². The third-order valence-corrected chi connectivity index (χ3v) is 7.85. The number of nitrogens with zero attached hydrogens (tertiary/aromatic N) is 3. The maximum absolute atomic E-state index is 13.2. The van der Waals surface area contributed by atoms with E-state index in [9.17, 15) is 19.7 Å². The highest BCUT2D eigenvalue weighted by molar-refractivity contribution is 8.00. The maximum Gasteiger partial charge on any atom is 0.321 e. The second-order valence-electron chi connectivity index (χ2n) is 8.24. The van der Waals surface area contributed by atoms with Crippen molar-refractivity contribution in [1.82, 2.24) is 9.80 Å². The summed E-state index contributed by atoms with van der Waals surface area (Å²) in [5.74, 6) is 0.728. The third-order valence-electron chi connectivity index (χ3n) is 6.29. The molecule has 2 saturated heterocycles. The van der Waals surface area contributed by atoms with Gasteiger partial charge in [0.05, 0.1) is 9.79 Å². The molecule has 8 nitrogen and oxygen atoms in total. The molecule has 168 valence electrons. The minimum Gasteiger partial charge on any atom is -0.324 e. The fourth-order valence-electron chi connectivity index (χ4n) is 4.45. The molecule has 3 amide bonds. The van der Waals surface area contributed by atoms with Crippen LogP contribution in [0.5, 0.6) is 0 Å². The number of aryl methyl sites for hydroxylation is 2. The van der Waals surface area contributed by atoms with E-state index in [4.69, 9.17) is 0 Å². The van der Waals surface area contributed by atoms with E-state index < -0.39 is 4.92 Å². The number of amides is 3. The predicted octanol–water partition coefficient (Wildman–Crippen LogP) is 4.42. The minimum absolute atomic E-state index is 0.0322. The maximum atomic E-state index is 13.2. The summed E-state index contributed by atoms with van der Waals surface area (Å²) in [5, 5.41) is 13.9. The van der Waals surface area contributed by atoms with Gasteiger partial charge in [0.2, 0.25) is 0 Å². The standard InChI is InChI=1S/C23H26N4O4S/c1-16-4-3-5-17(2)20(16)24-22(29)25-12-10-23(11-13-25)26(14-15-32-23)21(28)18-6-8-19(9-7-18)27(30)31/h3-9H,10-15H2,1-2H3,(H,24,29). The summed E-state index contributed by atoms with van der Waals surface area (Å²) >= 11 is 1.77. The molecule has 4 rings (SSSR count). The highest BCUT2D eigenvalue weighted by atomic mass is 32.2. The van der Waals surface area contributed by atoms with Crippen LogP contribution in [0.2, 0.25) is 0 Å². The molecule has 0 aromatic heterocycles. The summed E-state index contributed by atoms with van der Waals surface area (Å²) in [6, 6.07) is 11.6. The van der Waals surface area contributed by atoms with Crippen molar-refractivity contribution in [3.63, 3.8) is 0 Å². The first kappa shape index (κ1) is 22.1. The Morgan fingerprint density at radius 1 is 1.03 bits per heavy atom. The molecule has 2 aliphatic rings. The summed E-state index contributed by atoms with van der Waals surface area (Å²) in [6.07, 6.45) is 1.38. The monoisotopic (exact) mass is 454 g/mol. The smallest absolute Gasteiger partial charge is 0.321 e. The Hall–Kier alpha value is -3.07. The zero-order valence-corrected chi connectivity index (χ0v) is 19.0. The first-order chi connectivity index (χ1) is 15.3. The molecule has 0 unspecified atom stereocenters. The summed E-state index contributed by atoms with van der Waals surface area (Å²) < 4.78 is 0. The second kappa shape index (κ2) is 8.82. The van der Waals surface area contributed by atoms with Crippen LogP contribution in [0.15, 0.2) is 42.5 Å². The van der Waals surface area contributed by atoms with Gasteiger partial charge in [-0.3, -0.25) is 14.9 Å². The number of thioether (sulfide) groups is 1. The van der Waals surface area contributed by atoms with Gasteiger partial charge in [-0.2, -0.15) is 0 Å². The molecule has 9 heteroatoms. The van der Waals surface area contributed by atoms with Crippen molar-refractivity contribution >= 4 is 35.1 Å². The lowest BCUT2D eigenvalue weighted by molar-refractivity contribution is -0.384. The second-order valence-corrected chi connectivity index (χ2v) is 9.70. The molecule has 32 heavy (non-hydrogen) atoms. The van der Waals surface area contributed by atoms with Crippen LogP contribution < -0.4 is 5.32 Å². The van der Waals surface area contributed by atoms with Crippen molar-refractivity contribution in [2.75, 3.05) is 30.7 Å². The van der Waals surface area contributed by atoms with Gasteiger partial charge in [0, 0.05) is 48.8 Å². The molecule has 0 bridgehead atoms. The van der Waals surface area contributed by atoms with Gasteiger partial charge in [-0.25, -0.2) is 4.79 Å². The minimum atomic E-state index is -0.472. The van der Waals surface area contributed by atoms with Gasteiger partial charge >= 0.3 is 6.03 Å². The lowest BCUT2D eigenvalue weighted by Crippen LogP contribution is -2.54. The van der Waals surface area contributed by atoms with Crippen LogP contribution in [-0.4, -0.2) is 56.9 Å². The summed E-state index contributed by atoms with van der Waals surface area (Å²) in [6.45, 7) is 5.71. The van der Waals surface area contributed by atoms with E-state index in [1.54, 1.807) is 11.8 Å². The molecule has 2 aliphatic heterocycles. The average molecular weight is 455 g/mol. The summed E-state index contributed by atoms with van der Waals surface area (Å²) in [4.78, 5) is 39.8. The van der Waals surface area contributed by atoms with E-state index in [1.807, 2.05) is 41.8 Å². The summed E-state index contributed by atoms with van der Waals surface area (Å²) in [5.41, 5.74) is 3.32.